The van der Waals surface area contributed by atoms with E-state index in [1.807, 2.05) is 0 Å². The molecule has 4 rings (SSSR count). The zero-order valence-corrected chi connectivity index (χ0v) is 13.1. The molecule has 2 aliphatic carbocycles. The molecule has 114 valence electrons. The lowest BCUT2D eigenvalue weighted by Crippen LogP contribution is -2.59. The third kappa shape index (κ3) is 2.65. The third-order valence-corrected chi connectivity index (χ3v) is 6.47. The van der Waals surface area contributed by atoms with Crippen LogP contribution in [0.5, 0.6) is 0 Å². The van der Waals surface area contributed by atoms with Gasteiger partial charge in [-0.25, -0.2) is 0 Å². The number of nitrogens with zero attached hydrogens (tertiary/aromatic N) is 2. The second-order valence-corrected chi connectivity index (χ2v) is 7.82. The van der Waals surface area contributed by atoms with Crippen molar-refractivity contribution < 1.29 is 0 Å². The van der Waals surface area contributed by atoms with Gasteiger partial charge in [-0.05, 0) is 83.5 Å². The van der Waals surface area contributed by atoms with E-state index in [2.05, 4.69) is 22.2 Å². The Morgan fingerprint density at radius 2 is 1.85 bits per heavy atom. The second-order valence-electron chi connectivity index (χ2n) is 7.82. The van der Waals surface area contributed by atoms with Crippen LogP contribution in [0, 0.1) is 11.8 Å². The van der Waals surface area contributed by atoms with Crippen LogP contribution >= 0.6 is 0 Å². The zero-order valence-electron chi connectivity index (χ0n) is 13.1. The highest BCUT2D eigenvalue weighted by atomic mass is 15.2. The summed E-state index contributed by atoms with van der Waals surface area (Å²) in [7, 11) is 2.35. The Hall–Kier alpha value is -0.120. The van der Waals surface area contributed by atoms with Gasteiger partial charge < -0.3 is 10.2 Å². The fourth-order valence-corrected chi connectivity index (χ4v) is 4.86. The highest BCUT2D eigenvalue weighted by Gasteiger charge is 2.41. The summed E-state index contributed by atoms with van der Waals surface area (Å²) in [6.07, 6.45) is 10.1. The first kappa shape index (κ1) is 13.5. The maximum absolute atomic E-state index is 3.76. The Morgan fingerprint density at radius 3 is 2.60 bits per heavy atom. The molecule has 0 bridgehead atoms. The van der Waals surface area contributed by atoms with Gasteiger partial charge in [-0.1, -0.05) is 0 Å². The number of hydrogen-bond acceptors (Lipinski definition) is 3. The van der Waals surface area contributed by atoms with Crippen LogP contribution in [-0.2, 0) is 0 Å². The predicted molar refractivity (Wildman–Crippen MR) is 82.9 cm³/mol. The Kier molecular flexibility index (Phi) is 3.78. The summed E-state index contributed by atoms with van der Waals surface area (Å²) in [5, 5.41) is 3.76. The van der Waals surface area contributed by atoms with E-state index >= 15 is 0 Å². The molecular formula is C17H31N3. The van der Waals surface area contributed by atoms with E-state index in [9.17, 15) is 0 Å². The largest absolute Gasteiger partial charge is 0.314 e. The van der Waals surface area contributed by atoms with Gasteiger partial charge in [-0.15, -0.1) is 0 Å². The van der Waals surface area contributed by atoms with Crippen molar-refractivity contribution in [2.75, 3.05) is 33.2 Å². The fraction of sp³-hybridized carbons (Fsp3) is 1.00. The summed E-state index contributed by atoms with van der Waals surface area (Å²) in [5.74, 6) is 1.91. The number of likely N-dealkylation sites (tertiary alicyclic amines) is 2. The third-order valence-electron chi connectivity index (χ3n) is 6.47. The van der Waals surface area contributed by atoms with Crippen molar-refractivity contribution in [3.05, 3.63) is 0 Å². The van der Waals surface area contributed by atoms with Crippen molar-refractivity contribution in [3.63, 3.8) is 0 Å². The molecule has 3 heteroatoms. The average molecular weight is 277 g/mol. The molecule has 4 atom stereocenters. The minimum Gasteiger partial charge on any atom is -0.314 e. The van der Waals surface area contributed by atoms with Gasteiger partial charge in [0.25, 0.3) is 0 Å². The van der Waals surface area contributed by atoms with Gasteiger partial charge in [-0.2, -0.15) is 0 Å². The first-order valence-electron chi connectivity index (χ1n) is 8.99. The van der Waals surface area contributed by atoms with Gasteiger partial charge in [-0.3, -0.25) is 4.90 Å². The van der Waals surface area contributed by atoms with E-state index in [4.69, 9.17) is 0 Å². The van der Waals surface area contributed by atoms with Crippen LogP contribution in [0.4, 0.5) is 0 Å². The molecule has 20 heavy (non-hydrogen) atoms. The van der Waals surface area contributed by atoms with Gasteiger partial charge in [0.15, 0.2) is 0 Å². The van der Waals surface area contributed by atoms with Crippen LogP contribution in [0.1, 0.15) is 44.9 Å². The SMILES string of the molecule is CN1CCCC2CN(C3CCC3CNC3CC3)CCC21. The molecule has 0 radical (unpaired) electrons. The van der Waals surface area contributed by atoms with Gasteiger partial charge in [0, 0.05) is 24.7 Å². The molecular weight excluding hydrogens is 246 g/mol. The Balaban J connectivity index is 1.30. The summed E-state index contributed by atoms with van der Waals surface area (Å²) < 4.78 is 0. The minimum atomic E-state index is 0.883. The lowest BCUT2D eigenvalue weighted by atomic mass is 9.75. The molecule has 3 nitrogen and oxygen atoms in total. The minimum absolute atomic E-state index is 0.883. The molecule has 0 aromatic rings. The fourth-order valence-electron chi connectivity index (χ4n) is 4.86. The van der Waals surface area contributed by atoms with Crippen molar-refractivity contribution >= 4 is 0 Å². The number of hydrogen-bond donors (Lipinski definition) is 1. The highest BCUT2D eigenvalue weighted by molar-refractivity contribution is 4.97. The zero-order chi connectivity index (χ0) is 13.5. The second kappa shape index (κ2) is 5.58. The highest BCUT2D eigenvalue weighted by Crippen LogP contribution is 2.37. The van der Waals surface area contributed by atoms with Crippen LogP contribution in [0.2, 0.25) is 0 Å². The molecule has 4 fully saturated rings. The summed E-state index contributed by atoms with van der Waals surface area (Å²) >= 11 is 0. The van der Waals surface area contributed by atoms with Gasteiger partial charge in [0.05, 0.1) is 0 Å². The van der Waals surface area contributed by atoms with Crippen molar-refractivity contribution in [1.29, 1.82) is 0 Å². The van der Waals surface area contributed by atoms with E-state index in [1.165, 1.54) is 71.1 Å². The molecule has 4 unspecified atom stereocenters. The standard InChI is InChI=1S/C17H31N3/c1-19-9-2-3-14-12-20(10-8-16(14)19)17-7-4-13(17)11-18-15-5-6-15/h13-18H,2-12H2,1H3. The molecule has 2 saturated heterocycles. The summed E-state index contributed by atoms with van der Waals surface area (Å²) in [6.45, 7) is 5.37. The summed E-state index contributed by atoms with van der Waals surface area (Å²) in [5.41, 5.74) is 0. The first-order valence-corrected chi connectivity index (χ1v) is 8.99. The lowest BCUT2D eigenvalue weighted by molar-refractivity contribution is -0.0200. The van der Waals surface area contributed by atoms with Crippen LogP contribution in [-0.4, -0.2) is 61.2 Å². The predicted octanol–water partition coefficient (Wildman–Crippen LogP) is 1.93. The quantitative estimate of drug-likeness (QED) is 0.847. The maximum Gasteiger partial charge on any atom is 0.0145 e. The van der Waals surface area contributed by atoms with Gasteiger partial charge >= 0.3 is 0 Å². The maximum atomic E-state index is 3.76. The first-order chi connectivity index (χ1) is 9.81. The lowest BCUT2D eigenvalue weighted by Gasteiger charge is -2.52. The number of rotatable bonds is 4. The summed E-state index contributed by atoms with van der Waals surface area (Å²) in [6, 6.07) is 2.69. The van der Waals surface area contributed by atoms with E-state index in [1.54, 1.807) is 0 Å². The Bertz CT molecular complexity index is 341. The molecule has 0 spiro atoms. The number of nitrogens with one attached hydrogen (secondary N) is 1. The summed E-state index contributed by atoms with van der Waals surface area (Å²) in [4.78, 5) is 5.50. The van der Waals surface area contributed by atoms with Crippen molar-refractivity contribution in [2.24, 2.45) is 11.8 Å². The molecule has 0 aromatic heterocycles. The number of fused-ring (bicyclic) bond motifs is 1. The molecule has 0 amide bonds. The normalized spacial score (nSPS) is 43.0. The monoisotopic (exact) mass is 277 g/mol. The topological polar surface area (TPSA) is 18.5 Å². The van der Waals surface area contributed by atoms with Crippen LogP contribution in [0.3, 0.4) is 0 Å². The smallest absolute Gasteiger partial charge is 0.0145 e. The molecule has 2 aliphatic heterocycles. The van der Waals surface area contributed by atoms with E-state index in [0.29, 0.717) is 0 Å². The van der Waals surface area contributed by atoms with E-state index in [0.717, 1.165) is 30.0 Å². The molecule has 2 saturated carbocycles. The average Bonchev–Trinajstić information content (AvgIpc) is 3.22. The molecule has 4 aliphatic rings. The van der Waals surface area contributed by atoms with Crippen LogP contribution in [0.25, 0.3) is 0 Å². The molecule has 1 N–H and O–H groups in total. The molecule has 2 heterocycles. The van der Waals surface area contributed by atoms with Crippen LogP contribution in [0.15, 0.2) is 0 Å². The van der Waals surface area contributed by atoms with Crippen molar-refractivity contribution in [1.82, 2.24) is 15.1 Å². The Morgan fingerprint density at radius 1 is 0.950 bits per heavy atom. The van der Waals surface area contributed by atoms with E-state index < -0.39 is 0 Å². The van der Waals surface area contributed by atoms with Crippen molar-refractivity contribution in [2.45, 2.75) is 63.1 Å². The van der Waals surface area contributed by atoms with Gasteiger partial charge in [0.1, 0.15) is 0 Å². The van der Waals surface area contributed by atoms with Crippen LogP contribution < -0.4 is 5.32 Å². The Labute approximate surface area is 124 Å². The number of piperidine rings is 2. The van der Waals surface area contributed by atoms with Gasteiger partial charge in [0.2, 0.25) is 0 Å². The molecule has 0 aromatic carbocycles. The van der Waals surface area contributed by atoms with Crippen molar-refractivity contribution in [3.8, 4) is 0 Å². The van der Waals surface area contributed by atoms with E-state index in [-0.39, 0.29) is 0 Å².